The van der Waals surface area contributed by atoms with Crippen LogP contribution in [0.3, 0.4) is 0 Å². The van der Waals surface area contributed by atoms with E-state index in [2.05, 4.69) is 10.1 Å². The van der Waals surface area contributed by atoms with Crippen molar-refractivity contribution in [1.29, 1.82) is 0 Å². The first-order chi connectivity index (χ1) is 8.31. The van der Waals surface area contributed by atoms with Crippen LogP contribution in [-0.2, 0) is 9.53 Å². The molecule has 0 N–H and O–H groups in total. The third-order valence-corrected chi connectivity index (χ3v) is 2.91. The molecule has 5 heteroatoms. The van der Waals surface area contributed by atoms with Crippen molar-refractivity contribution in [2.75, 3.05) is 7.11 Å². The Morgan fingerprint density at radius 1 is 1.44 bits per heavy atom. The Kier molecular flexibility index (Phi) is 4.62. The minimum absolute atomic E-state index is 0.0393. The number of ketones is 1. The summed E-state index contributed by atoms with van der Waals surface area (Å²) in [5.74, 6) is 0.604. The van der Waals surface area contributed by atoms with Crippen molar-refractivity contribution in [3.63, 3.8) is 0 Å². The number of nitrogens with zero attached hydrogens (tertiary/aromatic N) is 2. The van der Waals surface area contributed by atoms with E-state index >= 15 is 0 Å². The van der Waals surface area contributed by atoms with Crippen LogP contribution in [0.2, 0.25) is 0 Å². The lowest BCUT2D eigenvalue weighted by Crippen LogP contribution is -2.21. The van der Waals surface area contributed by atoms with Crippen LogP contribution < -0.4 is 0 Å². The molecule has 0 saturated carbocycles. The molecule has 1 heterocycles. The zero-order valence-electron chi connectivity index (χ0n) is 12.0. The fourth-order valence-corrected chi connectivity index (χ4v) is 1.98. The summed E-state index contributed by atoms with van der Waals surface area (Å²) < 4.78 is 10.6. The van der Waals surface area contributed by atoms with Gasteiger partial charge in [0.1, 0.15) is 11.9 Å². The van der Waals surface area contributed by atoms with E-state index in [0.29, 0.717) is 18.1 Å². The number of carbonyl (C=O) groups excluding carboxylic acids is 1. The van der Waals surface area contributed by atoms with E-state index in [1.54, 1.807) is 7.11 Å². The van der Waals surface area contributed by atoms with Crippen molar-refractivity contribution < 1.29 is 14.1 Å². The maximum atomic E-state index is 11.5. The standard InChI is InChI=1S/C13H22N2O3/c1-7-9(8(2)16)12-14-11(15-18-12)10(17-6)13(3,4)5/h9-10H,7H2,1-6H3. The Bertz CT molecular complexity index is 407. The van der Waals surface area contributed by atoms with Gasteiger partial charge in [0.2, 0.25) is 11.7 Å². The zero-order valence-corrected chi connectivity index (χ0v) is 12.0. The van der Waals surface area contributed by atoms with E-state index in [0.717, 1.165) is 0 Å². The van der Waals surface area contributed by atoms with Crippen molar-refractivity contribution in [2.24, 2.45) is 5.41 Å². The van der Waals surface area contributed by atoms with Crippen molar-refractivity contribution in [1.82, 2.24) is 10.1 Å². The first kappa shape index (κ1) is 14.8. The summed E-state index contributed by atoms with van der Waals surface area (Å²) in [4.78, 5) is 15.8. The number of Topliss-reactive ketones (excluding diaryl/α,β-unsaturated/α-hetero) is 1. The summed E-state index contributed by atoms with van der Waals surface area (Å²) >= 11 is 0. The first-order valence-corrected chi connectivity index (χ1v) is 6.18. The number of carbonyl (C=O) groups is 1. The largest absolute Gasteiger partial charge is 0.373 e. The lowest BCUT2D eigenvalue weighted by atomic mass is 9.88. The van der Waals surface area contributed by atoms with Gasteiger partial charge in [-0.05, 0) is 18.8 Å². The van der Waals surface area contributed by atoms with E-state index in [4.69, 9.17) is 9.26 Å². The molecule has 0 amide bonds. The molecule has 2 atom stereocenters. The highest BCUT2D eigenvalue weighted by atomic mass is 16.5. The molecular formula is C13H22N2O3. The van der Waals surface area contributed by atoms with Gasteiger partial charge in [0.25, 0.3) is 0 Å². The van der Waals surface area contributed by atoms with Gasteiger partial charge in [-0.1, -0.05) is 32.9 Å². The van der Waals surface area contributed by atoms with Gasteiger partial charge in [0.15, 0.2) is 0 Å². The van der Waals surface area contributed by atoms with Gasteiger partial charge < -0.3 is 9.26 Å². The molecule has 0 aromatic carbocycles. The quantitative estimate of drug-likeness (QED) is 0.808. The number of rotatable bonds is 5. The van der Waals surface area contributed by atoms with Crippen molar-refractivity contribution in [3.05, 3.63) is 11.7 Å². The number of hydrogen-bond acceptors (Lipinski definition) is 5. The average Bonchev–Trinajstić information content (AvgIpc) is 2.66. The summed E-state index contributed by atoms with van der Waals surface area (Å²) in [6.07, 6.45) is 0.406. The topological polar surface area (TPSA) is 65.2 Å². The maximum absolute atomic E-state index is 11.5. The van der Waals surface area contributed by atoms with Crippen LogP contribution >= 0.6 is 0 Å². The van der Waals surface area contributed by atoms with Crippen molar-refractivity contribution >= 4 is 5.78 Å². The van der Waals surface area contributed by atoms with E-state index in [1.807, 2.05) is 27.7 Å². The summed E-state index contributed by atoms with van der Waals surface area (Å²) in [5, 5.41) is 3.94. The number of hydrogen-bond donors (Lipinski definition) is 0. The Labute approximate surface area is 108 Å². The predicted molar refractivity (Wildman–Crippen MR) is 67.2 cm³/mol. The minimum atomic E-state index is -0.316. The monoisotopic (exact) mass is 254 g/mol. The Hall–Kier alpha value is -1.23. The SMILES string of the molecule is CCC(C(C)=O)c1nc(C(OC)C(C)(C)C)no1. The molecule has 18 heavy (non-hydrogen) atoms. The zero-order chi connectivity index (χ0) is 13.9. The third-order valence-electron chi connectivity index (χ3n) is 2.91. The molecule has 1 aromatic rings. The fraction of sp³-hybridized carbons (Fsp3) is 0.769. The van der Waals surface area contributed by atoms with Crippen LogP contribution in [0.15, 0.2) is 4.52 Å². The molecular weight excluding hydrogens is 232 g/mol. The highest BCUT2D eigenvalue weighted by molar-refractivity contribution is 5.82. The first-order valence-electron chi connectivity index (χ1n) is 6.18. The Balaban J connectivity index is 3.01. The van der Waals surface area contributed by atoms with Crippen molar-refractivity contribution in [3.8, 4) is 0 Å². The normalized spacial score (nSPS) is 15.4. The summed E-state index contributed by atoms with van der Waals surface area (Å²) in [7, 11) is 1.62. The van der Waals surface area contributed by atoms with Gasteiger partial charge in [-0.25, -0.2) is 0 Å². The van der Waals surface area contributed by atoms with Crippen molar-refractivity contribution in [2.45, 2.75) is 53.1 Å². The van der Waals surface area contributed by atoms with Crippen LogP contribution in [0.1, 0.15) is 64.8 Å². The molecule has 0 aliphatic rings. The molecule has 0 aliphatic heterocycles. The molecule has 0 fully saturated rings. The fourth-order valence-electron chi connectivity index (χ4n) is 1.98. The molecule has 0 aliphatic carbocycles. The molecule has 0 saturated heterocycles. The predicted octanol–water partition coefficient (Wildman–Crippen LogP) is 2.89. The van der Waals surface area contributed by atoms with Gasteiger partial charge in [-0.15, -0.1) is 0 Å². The smallest absolute Gasteiger partial charge is 0.237 e. The maximum Gasteiger partial charge on any atom is 0.237 e. The highest BCUT2D eigenvalue weighted by Crippen LogP contribution is 2.34. The van der Waals surface area contributed by atoms with Gasteiger partial charge in [-0.2, -0.15) is 4.98 Å². The van der Waals surface area contributed by atoms with Crippen LogP contribution in [0.5, 0.6) is 0 Å². The molecule has 1 rings (SSSR count). The second kappa shape index (κ2) is 5.61. The minimum Gasteiger partial charge on any atom is -0.373 e. The lowest BCUT2D eigenvalue weighted by molar-refractivity contribution is -0.119. The van der Waals surface area contributed by atoms with Gasteiger partial charge in [-0.3, -0.25) is 4.79 Å². The second-order valence-corrected chi connectivity index (χ2v) is 5.54. The van der Waals surface area contributed by atoms with E-state index in [1.165, 1.54) is 6.92 Å². The molecule has 102 valence electrons. The average molecular weight is 254 g/mol. The molecule has 0 spiro atoms. The summed E-state index contributed by atoms with van der Waals surface area (Å²) in [6, 6.07) is 0. The second-order valence-electron chi connectivity index (χ2n) is 5.54. The third kappa shape index (κ3) is 3.16. The van der Waals surface area contributed by atoms with Gasteiger partial charge >= 0.3 is 0 Å². The van der Waals surface area contributed by atoms with Crippen LogP contribution in [0.25, 0.3) is 0 Å². The van der Waals surface area contributed by atoms with E-state index in [-0.39, 0.29) is 23.2 Å². The summed E-state index contributed by atoms with van der Waals surface area (Å²) in [5.41, 5.74) is -0.131. The lowest BCUT2D eigenvalue weighted by Gasteiger charge is -2.26. The number of ether oxygens (including phenoxy) is 1. The Morgan fingerprint density at radius 3 is 2.44 bits per heavy atom. The van der Waals surface area contributed by atoms with Gasteiger partial charge in [0.05, 0.1) is 5.92 Å². The molecule has 1 aromatic heterocycles. The number of methoxy groups -OCH3 is 1. The van der Waals surface area contributed by atoms with Crippen LogP contribution in [0.4, 0.5) is 0 Å². The molecule has 2 unspecified atom stereocenters. The molecule has 0 radical (unpaired) electrons. The van der Waals surface area contributed by atoms with E-state index < -0.39 is 0 Å². The van der Waals surface area contributed by atoms with Crippen LogP contribution in [0, 0.1) is 5.41 Å². The summed E-state index contributed by atoms with van der Waals surface area (Å²) in [6.45, 7) is 9.58. The number of aromatic nitrogens is 2. The molecule has 5 nitrogen and oxygen atoms in total. The van der Waals surface area contributed by atoms with Gasteiger partial charge in [0, 0.05) is 7.11 Å². The Morgan fingerprint density at radius 2 is 2.06 bits per heavy atom. The van der Waals surface area contributed by atoms with E-state index in [9.17, 15) is 4.79 Å². The van der Waals surface area contributed by atoms with Crippen LogP contribution in [-0.4, -0.2) is 23.0 Å². The molecule has 0 bridgehead atoms. The highest BCUT2D eigenvalue weighted by Gasteiger charge is 2.32.